The van der Waals surface area contributed by atoms with E-state index in [9.17, 15) is 5.11 Å². The van der Waals surface area contributed by atoms with Gasteiger partial charge >= 0.3 is 0 Å². The zero-order chi connectivity index (χ0) is 11.8. The van der Waals surface area contributed by atoms with E-state index in [2.05, 4.69) is 20.5 Å². The molecule has 6 nitrogen and oxygen atoms in total. The highest BCUT2D eigenvalue weighted by Crippen LogP contribution is 2.38. The number of aliphatic hydroxyl groups is 1. The topological polar surface area (TPSA) is 76.7 Å². The van der Waals surface area contributed by atoms with Crippen LogP contribution in [0.5, 0.6) is 0 Å². The van der Waals surface area contributed by atoms with Crippen molar-refractivity contribution in [2.75, 3.05) is 0 Å². The molecule has 0 atom stereocenters. The Balaban J connectivity index is 2.06. The Morgan fingerprint density at radius 1 is 1.35 bits per heavy atom. The van der Waals surface area contributed by atoms with Crippen molar-refractivity contribution < 1.29 is 5.11 Å². The summed E-state index contributed by atoms with van der Waals surface area (Å²) in [6.07, 6.45) is 3.51. The Hall–Kier alpha value is -1.34. The summed E-state index contributed by atoms with van der Waals surface area (Å²) in [4.78, 5) is 0. The third-order valence-electron chi connectivity index (χ3n) is 3.12. The molecule has 0 saturated heterocycles. The van der Waals surface area contributed by atoms with E-state index in [0.717, 1.165) is 28.7 Å². The molecule has 0 aliphatic heterocycles. The van der Waals surface area contributed by atoms with Crippen molar-refractivity contribution in [2.24, 2.45) is 0 Å². The molecule has 1 aliphatic rings. The minimum absolute atomic E-state index is 0.0659. The van der Waals surface area contributed by atoms with E-state index < -0.39 is 0 Å². The van der Waals surface area contributed by atoms with Gasteiger partial charge in [-0.25, -0.2) is 0 Å². The lowest BCUT2D eigenvalue weighted by atomic mass is 9.82. The molecule has 0 spiro atoms. The maximum absolute atomic E-state index is 9.30. The van der Waals surface area contributed by atoms with Crippen LogP contribution in [-0.2, 0) is 6.61 Å². The van der Waals surface area contributed by atoms with Crippen molar-refractivity contribution in [3.63, 3.8) is 0 Å². The van der Waals surface area contributed by atoms with Gasteiger partial charge in [0, 0.05) is 5.92 Å². The van der Waals surface area contributed by atoms with E-state index in [4.69, 9.17) is 0 Å². The quantitative estimate of drug-likeness (QED) is 0.886. The SMILES string of the molecule is Cc1nnc(-n2nnc(CO)c2C2CCC2)s1. The summed E-state index contributed by atoms with van der Waals surface area (Å²) >= 11 is 1.49. The zero-order valence-corrected chi connectivity index (χ0v) is 10.3. The standard InChI is InChI=1S/C10H13N5OS/c1-6-11-13-10(17-6)15-9(7-3-2-4-7)8(5-16)12-14-15/h7,16H,2-5H2,1H3. The van der Waals surface area contributed by atoms with Crippen molar-refractivity contribution in [1.29, 1.82) is 0 Å². The summed E-state index contributed by atoms with van der Waals surface area (Å²) in [7, 11) is 0. The smallest absolute Gasteiger partial charge is 0.234 e. The van der Waals surface area contributed by atoms with Crippen molar-refractivity contribution in [2.45, 2.75) is 38.7 Å². The minimum Gasteiger partial charge on any atom is -0.390 e. The van der Waals surface area contributed by atoms with Crippen LogP contribution in [0.25, 0.3) is 5.13 Å². The molecular weight excluding hydrogens is 238 g/mol. The summed E-state index contributed by atoms with van der Waals surface area (Å²) in [5.74, 6) is 0.455. The molecule has 2 heterocycles. The van der Waals surface area contributed by atoms with Crippen LogP contribution < -0.4 is 0 Å². The first-order valence-corrected chi connectivity index (χ1v) is 6.47. The molecule has 1 aliphatic carbocycles. The summed E-state index contributed by atoms with van der Waals surface area (Å²) in [6.45, 7) is 1.84. The van der Waals surface area contributed by atoms with E-state index in [1.807, 2.05) is 6.92 Å². The second-order valence-electron chi connectivity index (χ2n) is 4.22. The molecule has 3 rings (SSSR count). The monoisotopic (exact) mass is 251 g/mol. The van der Waals surface area contributed by atoms with E-state index in [0.29, 0.717) is 11.6 Å². The van der Waals surface area contributed by atoms with Crippen LogP contribution in [-0.4, -0.2) is 30.3 Å². The second kappa shape index (κ2) is 4.15. The highest BCUT2D eigenvalue weighted by molar-refractivity contribution is 7.13. The number of aryl methyl sites for hydroxylation is 1. The molecule has 0 amide bonds. The Kier molecular flexibility index (Phi) is 2.64. The predicted molar refractivity (Wildman–Crippen MR) is 62.1 cm³/mol. The normalized spacial score (nSPS) is 16.1. The van der Waals surface area contributed by atoms with Crippen molar-refractivity contribution in [3.05, 3.63) is 16.4 Å². The van der Waals surface area contributed by atoms with Gasteiger partial charge < -0.3 is 5.11 Å². The molecule has 1 fully saturated rings. The largest absolute Gasteiger partial charge is 0.390 e. The van der Waals surface area contributed by atoms with Gasteiger partial charge in [0.25, 0.3) is 0 Å². The van der Waals surface area contributed by atoms with Crippen molar-refractivity contribution in [3.8, 4) is 5.13 Å². The van der Waals surface area contributed by atoms with Gasteiger partial charge in [-0.05, 0) is 19.8 Å². The predicted octanol–water partition coefficient (Wildman–Crippen LogP) is 1.19. The fourth-order valence-electron chi connectivity index (χ4n) is 2.04. The fourth-order valence-corrected chi connectivity index (χ4v) is 2.69. The van der Waals surface area contributed by atoms with Gasteiger partial charge in [-0.2, -0.15) is 4.68 Å². The highest BCUT2D eigenvalue weighted by Gasteiger charge is 2.28. The number of rotatable bonds is 3. The maximum Gasteiger partial charge on any atom is 0.234 e. The number of aliphatic hydroxyl groups excluding tert-OH is 1. The average Bonchev–Trinajstić information content (AvgIpc) is 2.82. The van der Waals surface area contributed by atoms with E-state index in [1.54, 1.807) is 4.68 Å². The Bertz CT molecular complexity index is 531. The van der Waals surface area contributed by atoms with Gasteiger partial charge in [0.2, 0.25) is 5.13 Å². The van der Waals surface area contributed by atoms with Gasteiger partial charge in [-0.3, -0.25) is 0 Å². The number of nitrogens with zero attached hydrogens (tertiary/aromatic N) is 5. The second-order valence-corrected chi connectivity index (χ2v) is 5.38. The molecule has 0 unspecified atom stereocenters. The summed E-state index contributed by atoms with van der Waals surface area (Å²) in [5, 5.41) is 27.1. The lowest BCUT2D eigenvalue weighted by Crippen LogP contribution is -2.16. The summed E-state index contributed by atoms with van der Waals surface area (Å²) in [6, 6.07) is 0. The average molecular weight is 251 g/mol. The van der Waals surface area contributed by atoms with Gasteiger partial charge in [0.05, 0.1) is 12.3 Å². The first kappa shape index (κ1) is 10.8. The third-order valence-corrected chi connectivity index (χ3v) is 3.93. The van der Waals surface area contributed by atoms with Crippen molar-refractivity contribution >= 4 is 11.3 Å². The third kappa shape index (κ3) is 1.75. The molecule has 7 heteroatoms. The van der Waals surface area contributed by atoms with Crippen LogP contribution in [0.15, 0.2) is 0 Å². The molecule has 2 aromatic rings. The Morgan fingerprint density at radius 2 is 2.18 bits per heavy atom. The molecule has 90 valence electrons. The van der Waals surface area contributed by atoms with Crippen LogP contribution in [0.1, 0.15) is 41.6 Å². The highest BCUT2D eigenvalue weighted by atomic mass is 32.1. The maximum atomic E-state index is 9.30. The molecule has 0 radical (unpaired) electrons. The van der Waals surface area contributed by atoms with Crippen LogP contribution in [0.2, 0.25) is 0 Å². The molecule has 0 aromatic carbocycles. The van der Waals surface area contributed by atoms with Crippen molar-refractivity contribution in [1.82, 2.24) is 25.2 Å². The van der Waals surface area contributed by atoms with Crippen LogP contribution in [0.3, 0.4) is 0 Å². The van der Waals surface area contributed by atoms with Crippen LogP contribution in [0.4, 0.5) is 0 Å². The first-order chi connectivity index (χ1) is 8.29. The van der Waals surface area contributed by atoms with Crippen LogP contribution in [0, 0.1) is 6.92 Å². The molecular formula is C10H13N5OS. The van der Waals surface area contributed by atoms with Gasteiger partial charge in [-0.1, -0.05) is 23.0 Å². The molecule has 1 saturated carbocycles. The summed E-state index contributed by atoms with van der Waals surface area (Å²) < 4.78 is 1.74. The Morgan fingerprint density at radius 3 is 2.71 bits per heavy atom. The van der Waals surface area contributed by atoms with E-state index in [1.165, 1.54) is 17.8 Å². The number of hydrogen-bond donors (Lipinski definition) is 1. The molecule has 0 bridgehead atoms. The van der Waals surface area contributed by atoms with E-state index in [-0.39, 0.29) is 6.61 Å². The summed E-state index contributed by atoms with van der Waals surface area (Å²) in [5.41, 5.74) is 1.68. The molecule has 17 heavy (non-hydrogen) atoms. The first-order valence-electron chi connectivity index (χ1n) is 5.65. The van der Waals surface area contributed by atoms with Gasteiger partial charge in [0.1, 0.15) is 10.7 Å². The minimum atomic E-state index is -0.0659. The van der Waals surface area contributed by atoms with E-state index >= 15 is 0 Å². The number of aromatic nitrogens is 5. The molecule has 1 N–H and O–H groups in total. The molecule has 2 aromatic heterocycles. The lowest BCUT2D eigenvalue weighted by molar-refractivity contribution is 0.272. The number of hydrogen-bond acceptors (Lipinski definition) is 6. The lowest BCUT2D eigenvalue weighted by Gasteiger charge is -2.25. The fraction of sp³-hybridized carbons (Fsp3) is 0.600. The van der Waals surface area contributed by atoms with Gasteiger partial charge in [0.15, 0.2) is 0 Å². The van der Waals surface area contributed by atoms with Crippen LogP contribution >= 0.6 is 11.3 Å². The Labute approximate surface area is 102 Å². The van der Waals surface area contributed by atoms with Gasteiger partial charge in [-0.15, -0.1) is 15.3 Å². The zero-order valence-electron chi connectivity index (χ0n) is 9.50.